The van der Waals surface area contributed by atoms with E-state index in [2.05, 4.69) is 0 Å². The molecular formula is C8H3F5O. The zero-order valence-electron chi connectivity index (χ0n) is 6.53. The highest BCUT2D eigenvalue weighted by Gasteiger charge is 2.44. The third kappa shape index (κ3) is 1.59. The minimum atomic E-state index is -4.65. The van der Waals surface area contributed by atoms with Crippen LogP contribution in [0.25, 0.3) is 0 Å². The number of rotatable bonds is 2. The first-order valence-electron chi connectivity index (χ1n) is 3.39. The molecule has 0 bridgehead atoms. The van der Waals surface area contributed by atoms with Crippen LogP contribution in [0.4, 0.5) is 22.0 Å². The molecular weight excluding hydrogens is 207 g/mol. The topological polar surface area (TPSA) is 17.1 Å². The molecule has 0 unspecified atom stereocenters. The fourth-order valence-electron chi connectivity index (χ4n) is 0.852. The van der Waals surface area contributed by atoms with Crippen molar-refractivity contribution in [3.8, 4) is 0 Å². The molecule has 1 nitrogen and oxygen atoms in total. The van der Waals surface area contributed by atoms with Gasteiger partial charge in [-0.05, 0) is 12.1 Å². The number of alkyl halides is 2. The van der Waals surface area contributed by atoms with Gasteiger partial charge in [-0.15, -0.1) is 0 Å². The number of hydrogen-bond donors (Lipinski definition) is 0. The summed E-state index contributed by atoms with van der Waals surface area (Å²) >= 11 is 0. The SMILES string of the molecule is O=C(F)C(F)(F)c1cccc(F)c1F. The third-order valence-electron chi connectivity index (χ3n) is 1.54. The van der Waals surface area contributed by atoms with Crippen LogP contribution >= 0.6 is 0 Å². The third-order valence-corrected chi connectivity index (χ3v) is 1.54. The summed E-state index contributed by atoms with van der Waals surface area (Å²) in [4.78, 5) is 9.82. The Morgan fingerprint density at radius 2 is 1.79 bits per heavy atom. The van der Waals surface area contributed by atoms with Crippen molar-refractivity contribution in [2.24, 2.45) is 0 Å². The van der Waals surface area contributed by atoms with Crippen LogP contribution in [0.2, 0.25) is 0 Å². The highest BCUT2D eigenvalue weighted by atomic mass is 19.3. The van der Waals surface area contributed by atoms with Crippen molar-refractivity contribution in [1.29, 1.82) is 0 Å². The zero-order valence-corrected chi connectivity index (χ0v) is 6.53. The molecule has 0 aliphatic rings. The Hall–Kier alpha value is -1.46. The lowest BCUT2D eigenvalue weighted by atomic mass is 10.1. The molecule has 0 N–H and O–H groups in total. The van der Waals surface area contributed by atoms with E-state index in [0.717, 1.165) is 6.07 Å². The van der Waals surface area contributed by atoms with E-state index in [9.17, 15) is 26.7 Å². The summed E-state index contributed by atoms with van der Waals surface area (Å²) in [5, 5.41) is 0. The molecule has 76 valence electrons. The number of benzene rings is 1. The fraction of sp³-hybridized carbons (Fsp3) is 0.125. The molecule has 0 atom stereocenters. The van der Waals surface area contributed by atoms with Gasteiger partial charge in [0.15, 0.2) is 11.6 Å². The summed E-state index contributed by atoms with van der Waals surface area (Å²) in [5.41, 5.74) is -1.61. The number of carbonyl (C=O) groups excluding carboxylic acids is 1. The Labute approximate surface area is 75.2 Å². The lowest BCUT2D eigenvalue weighted by Crippen LogP contribution is -2.24. The van der Waals surface area contributed by atoms with Gasteiger partial charge in [-0.25, -0.2) is 8.78 Å². The van der Waals surface area contributed by atoms with Gasteiger partial charge in [0, 0.05) is 0 Å². The van der Waals surface area contributed by atoms with E-state index >= 15 is 0 Å². The summed E-state index contributed by atoms with van der Waals surface area (Å²) < 4.78 is 62.1. The zero-order chi connectivity index (χ0) is 10.9. The Bertz CT molecular complexity index is 374. The predicted octanol–water partition coefficient (Wildman–Crippen LogP) is 2.55. The van der Waals surface area contributed by atoms with Crippen LogP contribution in [0, 0.1) is 11.6 Å². The molecule has 0 aromatic heterocycles. The average Bonchev–Trinajstić information content (AvgIpc) is 2.09. The minimum absolute atomic E-state index is 0.440. The Balaban J connectivity index is 3.33. The van der Waals surface area contributed by atoms with E-state index in [4.69, 9.17) is 0 Å². The van der Waals surface area contributed by atoms with Gasteiger partial charge >= 0.3 is 12.0 Å². The normalized spacial score (nSPS) is 11.5. The molecule has 6 heteroatoms. The molecule has 0 heterocycles. The summed E-state index contributed by atoms with van der Waals surface area (Å²) in [6, 6.07) is -1.25. The van der Waals surface area contributed by atoms with Gasteiger partial charge in [-0.1, -0.05) is 6.07 Å². The van der Waals surface area contributed by atoms with E-state index in [1.807, 2.05) is 0 Å². The van der Waals surface area contributed by atoms with E-state index in [1.165, 1.54) is 0 Å². The van der Waals surface area contributed by atoms with E-state index in [-0.39, 0.29) is 0 Å². The van der Waals surface area contributed by atoms with Gasteiger partial charge in [0.1, 0.15) is 0 Å². The second-order valence-electron chi connectivity index (χ2n) is 2.45. The van der Waals surface area contributed by atoms with Crippen LogP contribution in [0.15, 0.2) is 18.2 Å². The van der Waals surface area contributed by atoms with Crippen molar-refractivity contribution in [3.05, 3.63) is 35.4 Å². The molecule has 1 rings (SSSR count). The van der Waals surface area contributed by atoms with Crippen LogP contribution in [-0.4, -0.2) is 6.04 Å². The Morgan fingerprint density at radius 1 is 1.21 bits per heavy atom. The first-order valence-corrected chi connectivity index (χ1v) is 3.39. The van der Waals surface area contributed by atoms with E-state index in [1.54, 1.807) is 0 Å². The van der Waals surface area contributed by atoms with E-state index < -0.39 is 29.2 Å². The Morgan fingerprint density at radius 3 is 2.29 bits per heavy atom. The van der Waals surface area contributed by atoms with E-state index in [0.29, 0.717) is 12.1 Å². The molecule has 1 aromatic carbocycles. The highest BCUT2D eigenvalue weighted by molar-refractivity contribution is 5.78. The molecule has 0 spiro atoms. The van der Waals surface area contributed by atoms with Crippen molar-refractivity contribution in [3.63, 3.8) is 0 Å². The van der Waals surface area contributed by atoms with Crippen molar-refractivity contribution in [2.75, 3.05) is 0 Å². The molecule has 0 aliphatic heterocycles. The van der Waals surface area contributed by atoms with Crippen molar-refractivity contribution >= 4 is 6.04 Å². The molecule has 0 radical (unpaired) electrons. The molecule has 0 saturated heterocycles. The van der Waals surface area contributed by atoms with Crippen molar-refractivity contribution in [1.82, 2.24) is 0 Å². The maximum Gasteiger partial charge on any atom is 0.375 e. The number of hydrogen-bond acceptors (Lipinski definition) is 1. The number of halogens is 5. The standard InChI is InChI=1S/C8H3F5O/c9-5-3-1-2-4(6(5)10)8(12,13)7(11)14/h1-3H. The quantitative estimate of drug-likeness (QED) is 0.541. The van der Waals surface area contributed by atoms with Crippen LogP contribution in [-0.2, 0) is 10.7 Å². The molecule has 14 heavy (non-hydrogen) atoms. The minimum Gasteiger partial charge on any atom is -0.254 e. The van der Waals surface area contributed by atoms with Gasteiger partial charge in [0.05, 0.1) is 5.56 Å². The monoisotopic (exact) mass is 210 g/mol. The summed E-state index contributed by atoms with van der Waals surface area (Å²) in [5.74, 6) is -8.14. The van der Waals surface area contributed by atoms with Crippen LogP contribution in [0.5, 0.6) is 0 Å². The first-order chi connectivity index (χ1) is 6.37. The second-order valence-corrected chi connectivity index (χ2v) is 2.45. The van der Waals surface area contributed by atoms with Crippen LogP contribution < -0.4 is 0 Å². The molecule has 0 aliphatic carbocycles. The number of carbonyl (C=O) groups is 1. The van der Waals surface area contributed by atoms with Gasteiger partial charge in [0.2, 0.25) is 0 Å². The predicted molar refractivity (Wildman–Crippen MR) is 36.4 cm³/mol. The molecule has 0 saturated carbocycles. The largest absolute Gasteiger partial charge is 0.375 e. The smallest absolute Gasteiger partial charge is 0.254 e. The lowest BCUT2D eigenvalue weighted by Gasteiger charge is -2.11. The summed E-state index contributed by atoms with van der Waals surface area (Å²) in [6.07, 6.45) is 0. The van der Waals surface area contributed by atoms with Crippen molar-refractivity contribution in [2.45, 2.75) is 5.92 Å². The van der Waals surface area contributed by atoms with Gasteiger partial charge in [-0.3, -0.25) is 4.79 Å². The first kappa shape index (κ1) is 10.6. The second kappa shape index (κ2) is 3.36. The maximum absolute atomic E-state index is 12.7. The summed E-state index contributed by atoms with van der Waals surface area (Å²) in [7, 11) is 0. The fourth-order valence-corrected chi connectivity index (χ4v) is 0.852. The maximum atomic E-state index is 12.7. The molecule has 0 amide bonds. The van der Waals surface area contributed by atoms with Crippen LogP contribution in [0.1, 0.15) is 5.56 Å². The van der Waals surface area contributed by atoms with Gasteiger partial charge in [-0.2, -0.15) is 13.2 Å². The molecule has 0 fully saturated rings. The molecule has 1 aromatic rings. The average molecular weight is 210 g/mol. The summed E-state index contributed by atoms with van der Waals surface area (Å²) in [6.45, 7) is 0. The Kier molecular flexibility index (Phi) is 2.55. The van der Waals surface area contributed by atoms with Crippen molar-refractivity contribution < 1.29 is 26.7 Å². The van der Waals surface area contributed by atoms with Crippen LogP contribution in [0.3, 0.4) is 0 Å². The van der Waals surface area contributed by atoms with Gasteiger partial charge < -0.3 is 0 Å². The highest BCUT2D eigenvalue weighted by Crippen LogP contribution is 2.32. The lowest BCUT2D eigenvalue weighted by molar-refractivity contribution is -0.157. The van der Waals surface area contributed by atoms with Gasteiger partial charge in [0.25, 0.3) is 0 Å².